The van der Waals surface area contributed by atoms with Gasteiger partial charge in [-0.05, 0) is 30.8 Å². The lowest BCUT2D eigenvalue weighted by Gasteiger charge is -2.11. The van der Waals surface area contributed by atoms with Crippen molar-refractivity contribution < 1.29 is 4.79 Å². The molecule has 12 heavy (non-hydrogen) atoms. The molecule has 1 nitrogen and oxygen atoms in total. The Morgan fingerprint density at radius 1 is 1.08 bits per heavy atom. The first-order chi connectivity index (χ1) is 5.56. The van der Waals surface area contributed by atoms with Crippen LogP contribution in [-0.4, -0.2) is 6.29 Å². The Balaban J connectivity index is 4.05. The molecule has 0 heterocycles. The van der Waals surface area contributed by atoms with Crippen molar-refractivity contribution in [1.29, 1.82) is 0 Å². The highest BCUT2D eigenvalue weighted by atomic mass is 16.1. The summed E-state index contributed by atoms with van der Waals surface area (Å²) in [5, 5.41) is 0. The fourth-order valence-electron chi connectivity index (χ4n) is 1.36. The second-order valence-corrected chi connectivity index (χ2v) is 4.16. The Labute approximate surface area is 75.9 Å². The van der Waals surface area contributed by atoms with Crippen LogP contribution in [0.2, 0.25) is 0 Å². The molecule has 0 aliphatic carbocycles. The van der Waals surface area contributed by atoms with Crippen LogP contribution in [0.4, 0.5) is 0 Å². The summed E-state index contributed by atoms with van der Waals surface area (Å²) in [6.07, 6.45) is 4.73. The molecule has 0 aromatic rings. The maximum Gasteiger partial charge on any atom is 0.142 e. The van der Waals surface area contributed by atoms with Crippen molar-refractivity contribution in [3.05, 3.63) is 11.6 Å². The Hall–Kier alpha value is -0.590. The van der Waals surface area contributed by atoms with E-state index in [4.69, 9.17) is 0 Å². The summed E-state index contributed by atoms with van der Waals surface area (Å²) in [7, 11) is 0. The van der Waals surface area contributed by atoms with E-state index in [9.17, 15) is 4.79 Å². The van der Waals surface area contributed by atoms with E-state index in [1.54, 1.807) is 6.08 Å². The lowest BCUT2D eigenvalue weighted by molar-refractivity contribution is -0.104. The Morgan fingerprint density at radius 3 is 1.75 bits per heavy atom. The van der Waals surface area contributed by atoms with Crippen LogP contribution in [0.25, 0.3) is 0 Å². The number of carbonyl (C=O) groups is 1. The molecule has 0 fully saturated rings. The molecule has 0 spiro atoms. The third-order valence-electron chi connectivity index (χ3n) is 1.64. The average Bonchev–Trinajstić information content (AvgIpc) is 1.84. The molecule has 0 radical (unpaired) electrons. The van der Waals surface area contributed by atoms with E-state index in [2.05, 4.69) is 27.7 Å². The number of allylic oxidation sites excluding steroid dienone is 2. The molecule has 0 saturated carbocycles. The van der Waals surface area contributed by atoms with Gasteiger partial charge in [0.15, 0.2) is 0 Å². The molecular weight excluding hydrogens is 148 g/mol. The van der Waals surface area contributed by atoms with Crippen LogP contribution in [-0.2, 0) is 4.79 Å². The first-order valence-corrected chi connectivity index (χ1v) is 4.69. The van der Waals surface area contributed by atoms with Gasteiger partial charge in [-0.2, -0.15) is 0 Å². The minimum absolute atomic E-state index is 0.648. The second-order valence-electron chi connectivity index (χ2n) is 4.16. The first-order valence-electron chi connectivity index (χ1n) is 4.69. The van der Waals surface area contributed by atoms with E-state index in [1.807, 2.05) is 0 Å². The molecular formula is C11H20O. The molecule has 0 aliphatic heterocycles. The fraction of sp³-hybridized carbons (Fsp3) is 0.727. The van der Waals surface area contributed by atoms with Crippen LogP contribution >= 0.6 is 0 Å². The van der Waals surface area contributed by atoms with Crippen LogP contribution in [0, 0.1) is 11.8 Å². The Kier molecular flexibility index (Phi) is 5.69. The Morgan fingerprint density at radius 2 is 1.50 bits per heavy atom. The van der Waals surface area contributed by atoms with Crippen LogP contribution in [0.5, 0.6) is 0 Å². The predicted octanol–water partition coefficient (Wildman–Crippen LogP) is 3.20. The molecule has 1 heteroatoms. The fourth-order valence-corrected chi connectivity index (χ4v) is 1.36. The van der Waals surface area contributed by atoms with Gasteiger partial charge >= 0.3 is 0 Å². The van der Waals surface area contributed by atoms with Gasteiger partial charge in [-0.15, -0.1) is 0 Å². The quantitative estimate of drug-likeness (QED) is 0.455. The average molecular weight is 168 g/mol. The number of aldehydes is 1. The van der Waals surface area contributed by atoms with Gasteiger partial charge < -0.3 is 0 Å². The van der Waals surface area contributed by atoms with Crippen molar-refractivity contribution >= 4 is 6.29 Å². The lowest BCUT2D eigenvalue weighted by atomic mass is 9.95. The van der Waals surface area contributed by atoms with Crippen molar-refractivity contribution in [3.8, 4) is 0 Å². The minimum Gasteiger partial charge on any atom is -0.299 e. The van der Waals surface area contributed by atoms with Gasteiger partial charge in [0.2, 0.25) is 0 Å². The van der Waals surface area contributed by atoms with Gasteiger partial charge in [0, 0.05) is 0 Å². The monoisotopic (exact) mass is 168 g/mol. The van der Waals surface area contributed by atoms with E-state index in [1.165, 1.54) is 5.57 Å². The smallest absolute Gasteiger partial charge is 0.142 e. The summed E-state index contributed by atoms with van der Waals surface area (Å²) in [5.41, 5.74) is 1.29. The Bertz CT molecular complexity index is 142. The van der Waals surface area contributed by atoms with Crippen molar-refractivity contribution in [2.45, 2.75) is 40.5 Å². The van der Waals surface area contributed by atoms with E-state index in [-0.39, 0.29) is 0 Å². The summed E-state index contributed by atoms with van der Waals surface area (Å²) in [6.45, 7) is 8.72. The van der Waals surface area contributed by atoms with Gasteiger partial charge in [0.25, 0.3) is 0 Å². The zero-order valence-corrected chi connectivity index (χ0v) is 8.63. The van der Waals surface area contributed by atoms with E-state index < -0.39 is 0 Å². The standard InChI is InChI=1S/C11H20O/c1-9(2)7-11(5-6-12)8-10(3)4/h5-6,9-10H,7-8H2,1-4H3. The lowest BCUT2D eigenvalue weighted by Crippen LogP contribution is -1.97. The number of hydrogen-bond acceptors (Lipinski definition) is 1. The van der Waals surface area contributed by atoms with Crippen LogP contribution in [0.15, 0.2) is 11.6 Å². The summed E-state index contributed by atoms with van der Waals surface area (Å²) < 4.78 is 0. The highest BCUT2D eigenvalue weighted by Gasteiger charge is 2.03. The van der Waals surface area contributed by atoms with Gasteiger partial charge in [-0.1, -0.05) is 33.3 Å². The van der Waals surface area contributed by atoms with Crippen molar-refractivity contribution in [2.24, 2.45) is 11.8 Å². The van der Waals surface area contributed by atoms with E-state index in [0.29, 0.717) is 11.8 Å². The summed E-state index contributed by atoms with van der Waals surface area (Å²) in [4.78, 5) is 10.3. The molecule has 0 rings (SSSR count). The molecule has 0 unspecified atom stereocenters. The van der Waals surface area contributed by atoms with Crippen molar-refractivity contribution in [1.82, 2.24) is 0 Å². The third kappa shape index (κ3) is 6.14. The van der Waals surface area contributed by atoms with Crippen LogP contribution in [0.1, 0.15) is 40.5 Å². The van der Waals surface area contributed by atoms with E-state index in [0.717, 1.165) is 19.1 Å². The third-order valence-corrected chi connectivity index (χ3v) is 1.64. The largest absolute Gasteiger partial charge is 0.299 e. The molecule has 70 valence electrons. The molecule has 0 N–H and O–H groups in total. The van der Waals surface area contributed by atoms with E-state index >= 15 is 0 Å². The molecule has 0 aromatic heterocycles. The highest BCUT2D eigenvalue weighted by Crippen LogP contribution is 2.18. The SMILES string of the molecule is CC(C)CC(=CC=O)CC(C)C. The molecule has 0 saturated heterocycles. The molecule has 0 aromatic carbocycles. The van der Waals surface area contributed by atoms with Gasteiger partial charge in [-0.3, -0.25) is 4.79 Å². The van der Waals surface area contributed by atoms with Gasteiger partial charge in [-0.25, -0.2) is 0 Å². The van der Waals surface area contributed by atoms with Gasteiger partial charge in [0.1, 0.15) is 6.29 Å². The zero-order chi connectivity index (χ0) is 9.56. The van der Waals surface area contributed by atoms with Gasteiger partial charge in [0.05, 0.1) is 0 Å². The van der Waals surface area contributed by atoms with Crippen molar-refractivity contribution in [3.63, 3.8) is 0 Å². The second kappa shape index (κ2) is 5.99. The topological polar surface area (TPSA) is 17.1 Å². The predicted molar refractivity (Wildman–Crippen MR) is 53.1 cm³/mol. The number of carbonyl (C=O) groups excluding carboxylic acids is 1. The van der Waals surface area contributed by atoms with Crippen LogP contribution < -0.4 is 0 Å². The maximum absolute atomic E-state index is 10.3. The summed E-state index contributed by atoms with van der Waals surface area (Å²) in [5.74, 6) is 1.30. The molecule has 0 bridgehead atoms. The molecule has 0 aliphatic rings. The normalized spacial score (nSPS) is 10.5. The minimum atomic E-state index is 0.648. The summed E-state index contributed by atoms with van der Waals surface area (Å²) in [6, 6.07) is 0. The van der Waals surface area contributed by atoms with Crippen LogP contribution in [0.3, 0.4) is 0 Å². The maximum atomic E-state index is 10.3. The highest BCUT2D eigenvalue weighted by molar-refractivity contribution is 5.66. The first kappa shape index (κ1) is 11.4. The molecule has 0 atom stereocenters. The summed E-state index contributed by atoms with van der Waals surface area (Å²) >= 11 is 0. The molecule has 0 amide bonds. The van der Waals surface area contributed by atoms with Crippen molar-refractivity contribution in [2.75, 3.05) is 0 Å². The zero-order valence-electron chi connectivity index (χ0n) is 8.63. The number of rotatable bonds is 5. The number of hydrogen-bond donors (Lipinski definition) is 0.